The van der Waals surface area contributed by atoms with E-state index in [4.69, 9.17) is 4.43 Å². The third-order valence-electron chi connectivity index (χ3n) is 6.82. The van der Waals surface area contributed by atoms with Gasteiger partial charge in [0.1, 0.15) is 0 Å². The van der Waals surface area contributed by atoms with Gasteiger partial charge in [0.2, 0.25) is 15.9 Å². The molecule has 1 aliphatic rings. The summed E-state index contributed by atoms with van der Waals surface area (Å²) in [6, 6.07) is 4.04. The van der Waals surface area contributed by atoms with E-state index in [1.54, 1.807) is 32.9 Å². The number of amides is 1. The summed E-state index contributed by atoms with van der Waals surface area (Å²) in [5.74, 6) is -1.51. The highest BCUT2D eigenvalue weighted by atomic mass is 32.2. The normalized spacial score (nSPS) is 21.4. The maximum Gasteiger partial charge on any atom is 0.241 e. The van der Waals surface area contributed by atoms with Gasteiger partial charge in [0.15, 0.2) is 14.1 Å². The summed E-state index contributed by atoms with van der Waals surface area (Å²) in [7, 11) is -5.97. The Balaban J connectivity index is 2.33. The van der Waals surface area contributed by atoms with Gasteiger partial charge in [-0.05, 0) is 58.0 Å². The first-order valence-electron chi connectivity index (χ1n) is 11.5. The number of benzene rings is 1. The van der Waals surface area contributed by atoms with Crippen LogP contribution in [0.15, 0.2) is 23.1 Å². The summed E-state index contributed by atoms with van der Waals surface area (Å²) in [4.78, 5) is 26.0. The number of hydrogen-bond donors (Lipinski definition) is 2. The molecular formula is C24H40N2O5SSi. The Morgan fingerprint density at radius 3 is 2.21 bits per heavy atom. The van der Waals surface area contributed by atoms with Crippen molar-refractivity contribution in [3.63, 3.8) is 0 Å². The number of rotatable bonds is 9. The SMILES string of the molecule is Cc1ccc(S(=O)(=O)NC(C)C)c(C(=O)[C@H](C)[C@H]2NC(=O)[C@@H]2[C@@H](C)O[Si](C)(C)C(C)(C)C)c1. The van der Waals surface area contributed by atoms with Crippen LogP contribution in [-0.4, -0.2) is 46.6 Å². The average Bonchev–Trinajstić information content (AvgIpc) is 2.61. The van der Waals surface area contributed by atoms with Crippen LogP contribution in [0.5, 0.6) is 0 Å². The molecule has 33 heavy (non-hydrogen) atoms. The lowest BCUT2D eigenvalue weighted by Crippen LogP contribution is -2.66. The van der Waals surface area contributed by atoms with E-state index in [9.17, 15) is 18.0 Å². The molecule has 1 saturated heterocycles. The topological polar surface area (TPSA) is 102 Å². The maximum atomic E-state index is 13.5. The summed E-state index contributed by atoms with van der Waals surface area (Å²) in [5.41, 5.74) is 0.936. The molecule has 1 aromatic carbocycles. The van der Waals surface area contributed by atoms with Crippen molar-refractivity contribution in [1.82, 2.24) is 10.0 Å². The van der Waals surface area contributed by atoms with Crippen molar-refractivity contribution in [3.05, 3.63) is 29.3 Å². The molecule has 0 saturated carbocycles. The zero-order chi connectivity index (χ0) is 25.5. The monoisotopic (exact) mass is 496 g/mol. The van der Waals surface area contributed by atoms with E-state index in [0.29, 0.717) is 0 Å². The van der Waals surface area contributed by atoms with Crippen LogP contribution in [0, 0.1) is 18.8 Å². The molecule has 2 rings (SSSR count). The van der Waals surface area contributed by atoms with E-state index in [-0.39, 0.29) is 39.3 Å². The summed E-state index contributed by atoms with van der Waals surface area (Å²) < 4.78 is 34.8. The van der Waals surface area contributed by atoms with Gasteiger partial charge in [0.05, 0.1) is 23.0 Å². The molecule has 0 radical (unpaired) electrons. The third kappa shape index (κ3) is 5.93. The van der Waals surface area contributed by atoms with Crippen molar-refractivity contribution in [2.24, 2.45) is 11.8 Å². The van der Waals surface area contributed by atoms with E-state index in [0.717, 1.165) is 5.56 Å². The van der Waals surface area contributed by atoms with Crippen molar-refractivity contribution in [1.29, 1.82) is 0 Å². The predicted octanol–water partition coefficient (Wildman–Crippen LogP) is 4.03. The number of ketones is 1. The van der Waals surface area contributed by atoms with Gasteiger partial charge < -0.3 is 9.74 Å². The van der Waals surface area contributed by atoms with Gasteiger partial charge in [-0.15, -0.1) is 0 Å². The highest BCUT2D eigenvalue weighted by molar-refractivity contribution is 7.89. The predicted molar refractivity (Wildman–Crippen MR) is 133 cm³/mol. The molecule has 0 aromatic heterocycles. The molecule has 0 unspecified atom stereocenters. The van der Waals surface area contributed by atoms with Crippen molar-refractivity contribution < 1.29 is 22.4 Å². The van der Waals surface area contributed by atoms with Gasteiger partial charge in [0.25, 0.3) is 0 Å². The van der Waals surface area contributed by atoms with Gasteiger partial charge in [-0.1, -0.05) is 39.3 Å². The average molecular weight is 497 g/mol. The fourth-order valence-corrected chi connectivity index (χ4v) is 6.80. The van der Waals surface area contributed by atoms with E-state index in [1.165, 1.54) is 6.07 Å². The van der Waals surface area contributed by atoms with Crippen molar-refractivity contribution in [2.45, 2.75) is 96.6 Å². The summed E-state index contributed by atoms with van der Waals surface area (Å²) in [5, 5.41) is 2.86. The Labute approximate surface area is 200 Å². The van der Waals surface area contributed by atoms with Crippen LogP contribution in [0.1, 0.15) is 64.4 Å². The van der Waals surface area contributed by atoms with Crippen LogP contribution in [0.25, 0.3) is 0 Å². The molecule has 186 valence electrons. The molecule has 1 aliphatic heterocycles. The van der Waals surface area contributed by atoms with Crippen LogP contribution in [0.3, 0.4) is 0 Å². The van der Waals surface area contributed by atoms with Gasteiger partial charge >= 0.3 is 0 Å². The highest BCUT2D eigenvalue weighted by Crippen LogP contribution is 2.40. The minimum Gasteiger partial charge on any atom is -0.413 e. The zero-order valence-corrected chi connectivity index (χ0v) is 23.4. The van der Waals surface area contributed by atoms with E-state index >= 15 is 0 Å². The Hall–Kier alpha value is -1.55. The second-order valence-corrected chi connectivity index (χ2v) is 17.5. The van der Waals surface area contributed by atoms with Crippen molar-refractivity contribution >= 4 is 30.0 Å². The zero-order valence-electron chi connectivity index (χ0n) is 21.6. The molecule has 1 heterocycles. The van der Waals surface area contributed by atoms with Crippen LogP contribution in [0.4, 0.5) is 0 Å². The molecule has 1 aromatic rings. The number of β-lactam (4-membered cyclic amide) rings is 1. The maximum absolute atomic E-state index is 13.5. The summed E-state index contributed by atoms with van der Waals surface area (Å²) >= 11 is 0. The second kappa shape index (κ2) is 9.60. The van der Waals surface area contributed by atoms with E-state index in [2.05, 4.69) is 43.9 Å². The largest absolute Gasteiger partial charge is 0.413 e. The Morgan fingerprint density at radius 1 is 1.15 bits per heavy atom. The Bertz CT molecular complexity index is 1010. The molecule has 7 nitrogen and oxygen atoms in total. The minimum atomic E-state index is -3.86. The highest BCUT2D eigenvalue weighted by Gasteiger charge is 2.50. The first-order valence-corrected chi connectivity index (χ1v) is 15.9. The summed E-state index contributed by atoms with van der Waals surface area (Å²) in [6.07, 6.45) is -0.344. The Morgan fingerprint density at radius 2 is 1.73 bits per heavy atom. The first kappa shape index (κ1) is 27.7. The number of Topliss-reactive ketones (excluding diaryl/α,β-unsaturated/α-hetero) is 1. The standard InChI is InChI=1S/C24H40N2O5SSi/c1-14(2)26-32(29,30)19-12-11-15(3)13-18(19)22(27)16(4)21-20(23(28)25-21)17(5)31-33(9,10)24(6,7)8/h11-14,16-17,20-21,26H,1-10H3,(H,25,28)/t16-,17-,20-,21-/m1/s1. The van der Waals surface area contributed by atoms with Crippen molar-refractivity contribution in [3.8, 4) is 0 Å². The Kier molecular flexibility index (Phi) is 8.05. The molecule has 1 fully saturated rings. The molecule has 1 amide bonds. The lowest BCUT2D eigenvalue weighted by Gasteiger charge is -2.47. The number of aryl methyl sites for hydroxylation is 1. The minimum absolute atomic E-state index is 0.00729. The van der Waals surface area contributed by atoms with Gasteiger partial charge in [-0.25, -0.2) is 13.1 Å². The molecule has 4 atom stereocenters. The number of hydrogen-bond acceptors (Lipinski definition) is 5. The quantitative estimate of drug-likeness (QED) is 0.305. The fourth-order valence-electron chi connectivity index (χ4n) is 3.93. The molecule has 0 bridgehead atoms. The first-order chi connectivity index (χ1) is 14.9. The van der Waals surface area contributed by atoms with Gasteiger partial charge in [-0.2, -0.15) is 0 Å². The number of carbonyl (C=O) groups is 2. The van der Waals surface area contributed by atoms with Crippen LogP contribution < -0.4 is 10.0 Å². The fraction of sp³-hybridized carbons (Fsp3) is 0.667. The van der Waals surface area contributed by atoms with Crippen LogP contribution >= 0.6 is 0 Å². The number of sulfonamides is 1. The third-order valence-corrected chi connectivity index (χ3v) is 13.1. The lowest BCUT2D eigenvalue weighted by molar-refractivity contribution is -0.141. The van der Waals surface area contributed by atoms with Gasteiger partial charge in [-0.3, -0.25) is 9.59 Å². The number of nitrogens with one attached hydrogen (secondary N) is 2. The second-order valence-electron chi connectivity index (χ2n) is 11.1. The van der Waals surface area contributed by atoms with Crippen molar-refractivity contribution in [2.75, 3.05) is 0 Å². The summed E-state index contributed by atoms with van der Waals surface area (Å²) in [6.45, 7) is 19.6. The van der Waals surface area contributed by atoms with E-state index in [1.807, 2.05) is 13.8 Å². The molecular weight excluding hydrogens is 456 g/mol. The molecule has 0 spiro atoms. The van der Waals surface area contributed by atoms with Crippen LogP contribution in [0.2, 0.25) is 18.1 Å². The molecule has 9 heteroatoms. The lowest BCUT2D eigenvalue weighted by atomic mass is 9.76. The van der Waals surface area contributed by atoms with E-state index < -0.39 is 36.2 Å². The molecule has 0 aliphatic carbocycles. The number of carbonyl (C=O) groups excluding carboxylic acids is 2. The van der Waals surface area contributed by atoms with Crippen LogP contribution in [-0.2, 0) is 19.2 Å². The van der Waals surface area contributed by atoms with Gasteiger partial charge in [0, 0.05) is 17.5 Å². The molecule has 2 N–H and O–H groups in total. The smallest absolute Gasteiger partial charge is 0.241 e.